The zero-order valence-electron chi connectivity index (χ0n) is 13.4. The first kappa shape index (κ1) is 16.2. The highest BCUT2D eigenvalue weighted by Gasteiger charge is 2.35. The average molecular weight is 329 g/mol. The molecule has 1 saturated heterocycles. The predicted octanol–water partition coefficient (Wildman–Crippen LogP) is 3.29. The van der Waals surface area contributed by atoms with E-state index in [1.807, 2.05) is 36.4 Å². The van der Waals surface area contributed by atoms with Gasteiger partial charge in [0.15, 0.2) is 9.84 Å². The maximum Gasteiger partial charge on any atom is 0.151 e. The van der Waals surface area contributed by atoms with Gasteiger partial charge in [-0.3, -0.25) is 4.90 Å². The fraction of sp³-hybridized carbons (Fsp3) is 0.368. The van der Waals surface area contributed by atoms with Crippen molar-refractivity contribution in [1.82, 2.24) is 4.90 Å². The first-order valence-corrected chi connectivity index (χ1v) is 9.99. The molecule has 2 aromatic carbocycles. The molecule has 122 valence electrons. The second kappa shape index (κ2) is 6.85. The second-order valence-corrected chi connectivity index (χ2v) is 8.34. The Morgan fingerprint density at radius 2 is 1.52 bits per heavy atom. The number of rotatable bonds is 5. The Kier molecular flexibility index (Phi) is 4.83. The van der Waals surface area contributed by atoms with Gasteiger partial charge in [0.1, 0.15) is 0 Å². The molecule has 0 aromatic heterocycles. The molecule has 4 heteroatoms. The molecule has 0 bridgehead atoms. The fourth-order valence-electron chi connectivity index (χ4n) is 3.53. The molecular formula is C19H23NO2S. The first-order chi connectivity index (χ1) is 11.1. The summed E-state index contributed by atoms with van der Waals surface area (Å²) in [5, 5.41) is 0. The number of benzene rings is 2. The Bertz CT molecular complexity index is 689. The summed E-state index contributed by atoms with van der Waals surface area (Å²) in [5.74, 6) is 0.585. The van der Waals surface area contributed by atoms with Crippen molar-refractivity contribution in [3.05, 3.63) is 71.8 Å². The molecule has 0 aliphatic carbocycles. The normalized spacial score (nSPS) is 20.2. The van der Waals surface area contributed by atoms with Crippen molar-refractivity contribution >= 4 is 9.84 Å². The van der Waals surface area contributed by atoms with E-state index in [1.165, 1.54) is 11.1 Å². The lowest BCUT2D eigenvalue weighted by molar-refractivity contribution is 0.179. The van der Waals surface area contributed by atoms with Crippen LogP contribution in [0, 0.1) is 0 Å². The summed E-state index contributed by atoms with van der Waals surface area (Å²) < 4.78 is 23.9. The van der Waals surface area contributed by atoms with Gasteiger partial charge in [-0.15, -0.1) is 0 Å². The number of sulfone groups is 1. The largest absolute Gasteiger partial charge is 0.289 e. The molecule has 0 N–H and O–H groups in total. The molecule has 2 aromatic rings. The Balaban J connectivity index is 2.00. The molecule has 23 heavy (non-hydrogen) atoms. The van der Waals surface area contributed by atoms with Gasteiger partial charge in [-0.05, 0) is 24.1 Å². The quantitative estimate of drug-likeness (QED) is 0.845. The minimum absolute atomic E-state index is 0.0930. The Morgan fingerprint density at radius 3 is 1.91 bits per heavy atom. The van der Waals surface area contributed by atoms with Gasteiger partial charge in [0.25, 0.3) is 0 Å². The lowest BCUT2D eigenvalue weighted by Crippen LogP contribution is -2.39. The summed E-state index contributed by atoms with van der Waals surface area (Å²) in [5.41, 5.74) is 2.43. The van der Waals surface area contributed by atoms with Crippen molar-refractivity contribution in [2.45, 2.75) is 25.4 Å². The molecule has 0 spiro atoms. The van der Waals surface area contributed by atoms with E-state index in [0.717, 1.165) is 13.0 Å². The van der Waals surface area contributed by atoms with E-state index in [9.17, 15) is 8.42 Å². The molecule has 0 radical (unpaired) electrons. The van der Waals surface area contributed by atoms with Crippen LogP contribution in [0.2, 0.25) is 0 Å². The van der Waals surface area contributed by atoms with Crippen LogP contribution in [0.15, 0.2) is 60.7 Å². The summed E-state index contributed by atoms with van der Waals surface area (Å²) in [6, 6.07) is 20.9. The third-order valence-electron chi connectivity index (χ3n) is 4.60. The molecule has 3 rings (SSSR count). The van der Waals surface area contributed by atoms with Crippen LogP contribution in [-0.4, -0.2) is 37.4 Å². The first-order valence-electron chi connectivity index (χ1n) is 8.17. The van der Waals surface area contributed by atoms with Gasteiger partial charge in [0, 0.05) is 6.04 Å². The summed E-state index contributed by atoms with van der Waals surface area (Å²) in [4.78, 5) is 2.34. The molecule has 1 fully saturated rings. The Morgan fingerprint density at radius 1 is 1.00 bits per heavy atom. The molecule has 0 amide bonds. The van der Waals surface area contributed by atoms with E-state index >= 15 is 0 Å². The molecule has 1 aliphatic heterocycles. The highest BCUT2D eigenvalue weighted by molar-refractivity contribution is 7.91. The molecule has 1 atom stereocenters. The topological polar surface area (TPSA) is 37.4 Å². The average Bonchev–Trinajstić information content (AvgIpc) is 2.93. The highest BCUT2D eigenvalue weighted by Crippen LogP contribution is 2.33. The van der Waals surface area contributed by atoms with Crippen molar-refractivity contribution in [2.75, 3.05) is 18.1 Å². The van der Waals surface area contributed by atoms with Gasteiger partial charge < -0.3 is 0 Å². The second-order valence-electron chi connectivity index (χ2n) is 6.11. The van der Waals surface area contributed by atoms with Crippen LogP contribution < -0.4 is 0 Å². The van der Waals surface area contributed by atoms with Crippen LogP contribution in [0.3, 0.4) is 0 Å². The number of hydrogen-bond acceptors (Lipinski definition) is 3. The third-order valence-corrected chi connectivity index (χ3v) is 6.36. The van der Waals surface area contributed by atoms with Crippen LogP contribution in [0.1, 0.15) is 30.5 Å². The van der Waals surface area contributed by atoms with Gasteiger partial charge in [0.2, 0.25) is 0 Å². The maximum atomic E-state index is 11.9. The predicted molar refractivity (Wildman–Crippen MR) is 94.2 cm³/mol. The van der Waals surface area contributed by atoms with Crippen LogP contribution in [-0.2, 0) is 9.84 Å². The van der Waals surface area contributed by atoms with Crippen LogP contribution >= 0.6 is 0 Å². The van der Waals surface area contributed by atoms with E-state index in [1.54, 1.807) is 0 Å². The standard InChI is InChI=1S/C19H23NO2S/c1-2-20(18-13-14-23(21,22)15-18)19(16-9-5-3-6-10-16)17-11-7-4-8-12-17/h3-12,18-19H,2,13-15H2,1H3/t18-/m1/s1. The summed E-state index contributed by atoms with van der Waals surface area (Å²) >= 11 is 0. The smallest absolute Gasteiger partial charge is 0.151 e. The summed E-state index contributed by atoms with van der Waals surface area (Å²) in [7, 11) is -2.89. The lowest BCUT2D eigenvalue weighted by atomic mass is 9.95. The summed E-state index contributed by atoms with van der Waals surface area (Å²) in [6.45, 7) is 2.94. The van der Waals surface area contributed by atoms with E-state index in [0.29, 0.717) is 5.75 Å². The number of nitrogens with zero attached hydrogens (tertiary/aromatic N) is 1. The molecule has 0 saturated carbocycles. The Labute approximate surface area is 138 Å². The maximum absolute atomic E-state index is 11.9. The van der Waals surface area contributed by atoms with Crippen molar-refractivity contribution in [3.8, 4) is 0 Å². The van der Waals surface area contributed by atoms with E-state index in [-0.39, 0.29) is 17.8 Å². The molecular weight excluding hydrogens is 306 g/mol. The van der Waals surface area contributed by atoms with E-state index < -0.39 is 9.84 Å². The van der Waals surface area contributed by atoms with Gasteiger partial charge in [-0.2, -0.15) is 0 Å². The monoisotopic (exact) mass is 329 g/mol. The highest BCUT2D eigenvalue weighted by atomic mass is 32.2. The van der Waals surface area contributed by atoms with Gasteiger partial charge in [-0.25, -0.2) is 8.42 Å². The van der Waals surface area contributed by atoms with Gasteiger partial charge in [-0.1, -0.05) is 67.6 Å². The number of hydrogen-bond donors (Lipinski definition) is 0. The van der Waals surface area contributed by atoms with Gasteiger partial charge in [0.05, 0.1) is 17.5 Å². The molecule has 1 aliphatic rings. The van der Waals surface area contributed by atoms with Crippen LogP contribution in [0.5, 0.6) is 0 Å². The molecule has 1 heterocycles. The fourth-order valence-corrected chi connectivity index (χ4v) is 5.28. The lowest BCUT2D eigenvalue weighted by Gasteiger charge is -2.36. The SMILES string of the molecule is CCN(C(c1ccccc1)c1ccccc1)[C@@H]1CCS(=O)(=O)C1. The van der Waals surface area contributed by atoms with E-state index in [4.69, 9.17) is 0 Å². The zero-order chi connectivity index (χ0) is 16.3. The van der Waals surface area contributed by atoms with Gasteiger partial charge >= 0.3 is 0 Å². The minimum Gasteiger partial charge on any atom is -0.289 e. The van der Waals surface area contributed by atoms with Crippen molar-refractivity contribution in [1.29, 1.82) is 0 Å². The van der Waals surface area contributed by atoms with Crippen molar-refractivity contribution in [3.63, 3.8) is 0 Å². The molecule has 3 nitrogen and oxygen atoms in total. The van der Waals surface area contributed by atoms with Crippen molar-refractivity contribution in [2.24, 2.45) is 0 Å². The van der Waals surface area contributed by atoms with Crippen LogP contribution in [0.4, 0.5) is 0 Å². The molecule has 0 unspecified atom stereocenters. The Hall–Kier alpha value is -1.65. The van der Waals surface area contributed by atoms with Crippen LogP contribution in [0.25, 0.3) is 0 Å². The zero-order valence-corrected chi connectivity index (χ0v) is 14.2. The minimum atomic E-state index is -2.89. The van der Waals surface area contributed by atoms with Crippen molar-refractivity contribution < 1.29 is 8.42 Å². The van der Waals surface area contributed by atoms with E-state index in [2.05, 4.69) is 36.1 Å². The third kappa shape index (κ3) is 3.65. The summed E-state index contributed by atoms with van der Waals surface area (Å²) in [6.07, 6.45) is 0.729.